The Labute approximate surface area is 104 Å². The Hall–Kier alpha value is -1.95. The minimum atomic E-state index is -0.253. The molecule has 0 aliphatic carbocycles. The van der Waals surface area contributed by atoms with E-state index in [2.05, 4.69) is 15.1 Å². The Morgan fingerprint density at radius 1 is 1.56 bits per heavy atom. The van der Waals surface area contributed by atoms with Gasteiger partial charge in [0.1, 0.15) is 5.56 Å². The lowest BCUT2D eigenvalue weighted by Gasteiger charge is -2.02. The van der Waals surface area contributed by atoms with Crippen LogP contribution in [0, 0.1) is 6.92 Å². The van der Waals surface area contributed by atoms with Crippen molar-refractivity contribution in [2.24, 2.45) is 5.73 Å². The summed E-state index contributed by atoms with van der Waals surface area (Å²) >= 11 is 0. The number of nitrogens with one attached hydrogen (secondary N) is 1. The summed E-state index contributed by atoms with van der Waals surface area (Å²) in [6.45, 7) is 3.84. The molecule has 18 heavy (non-hydrogen) atoms. The molecular weight excluding hydrogens is 232 g/mol. The zero-order valence-corrected chi connectivity index (χ0v) is 10.4. The van der Waals surface area contributed by atoms with Crippen LogP contribution in [0.25, 0.3) is 11.5 Å². The third-order valence-corrected chi connectivity index (χ3v) is 2.66. The number of pyridine rings is 1. The van der Waals surface area contributed by atoms with Gasteiger partial charge in [-0.3, -0.25) is 4.79 Å². The molecule has 0 radical (unpaired) electrons. The van der Waals surface area contributed by atoms with E-state index in [9.17, 15) is 4.79 Å². The molecule has 2 rings (SSSR count). The maximum atomic E-state index is 11.8. The molecular formula is C12H16N4O2. The van der Waals surface area contributed by atoms with Crippen LogP contribution in [0.3, 0.4) is 0 Å². The predicted molar refractivity (Wildman–Crippen MR) is 66.9 cm³/mol. The first-order valence-electron chi connectivity index (χ1n) is 5.90. The van der Waals surface area contributed by atoms with Gasteiger partial charge in [0.25, 0.3) is 5.89 Å². The molecule has 0 bridgehead atoms. The summed E-state index contributed by atoms with van der Waals surface area (Å²) in [4.78, 5) is 18.9. The molecule has 0 amide bonds. The summed E-state index contributed by atoms with van der Waals surface area (Å²) in [6.07, 6.45) is 3.29. The number of aromatic amines is 1. The Morgan fingerprint density at radius 2 is 2.33 bits per heavy atom. The van der Waals surface area contributed by atoms with E-state index < -0.39 is 0 Å². The second-order valence-electron chi connectivity index (χ2n) is 4.25. The first kappa shape index (κ1) is 12.5. The standard InChI is InChI=1S/C12H16N4O2/c1-3-4-9(13)11-15-12(18-16-11)8-6-14-7(2)5-10(8)17/h5-6,9H,3-4,13H2,1-2H3,(H,14,17). The first-order valence-corrected chi connectivity index (χ1v) is 5.90. The number of aromatic nitrogens is 3. The van der Waals surface area contributed by atoms with E-state index in [-0.39, 0.29) is 17.4 Å². The van der Waals surface area contributed by atoms with Crippen molar-refractivity contribution in [2.45, 2.75) is 32.7 Å². The largest absolute Gasteiger partial charge is 0.364 e. The van der Waals surface area contributed by atoms with E-state index in [1.54, 1.807) is 6.20 Å². The fraction of sp³-hybridized carbons (Fsp3) is 0.417. The molecule has 2 aromatic heterocycles. The molecule has 2 heterocycles. The van der Waals surface area contributed by atoms with E-state index in [0.29, 0.717) is 11.4 Å². The Balaban J connectivity index is 2.32. The summed E-state index contributed by atoms with van der Waals surface area (Å²) in [7, 11) is 0. The Bertz CT molecular complexity index is 588. The van der Waals surface area contributed by atoms with Crippen molar-refractivity contribution >= 4 is 0 Å². The molecule has 6 heteroatoms. The summed E-state index contributed by atoms with van der Waals surface area (Å²) in [6, 6.07) is 1.24. The molecule has 0 spiro atoms. The van der Waals surface area contributed by atoms with E-state index in [1.165, 1.54) is 6.07 Å². The van der Waals surface area contributed by atoms with Crippen LogP contribution in [0.1, 0.15) is 37.3 Å². The highest BCUT2D eigenvalue weighted by Crippen LogP contribution is 2.17. The van der Waals surface area contributed by atoms with Gasteiger partial charge in [-0.2, -0.15) is 4.98 Å². The molecule has 0 saturated carbocycles. The Kier molecular flexibility index (Phi) is 3.57. The van der Waals surface area contributed by atoms with Crippen LogP contribution in [-0.2, 0) is 0 Å². The highest BCUT2D eigenvalue weighted by molar-refractivity contribution is 5.50. The van der Waals surface area contributed by atoms with Crippen molar-refractivity contribution in [2.75, 3.05) is 0 Å². The maximum absolute atomic E-state index is 11.8. The molecule has 1 unspecified atom stereocenters. The van der Waals surface area contributed by atoms with Crippen LogP contribution in [0.5, 0.6) is 0 Å². The summed E-state index contributed by atoms with van der Waals surface area (Å²) in [5, 5.41) is 3.81. The molecule has 6 nitrogen and oxygen atoms in total. The zero-order valence-electron chi connectivity index (χ0n) is 10.4. The average molecular weight is 248 g/mol. The summed E-state index contributed by atoms with van der Waals surface area (Å²) in [5.41, 5.74) is 6.89. The van der Waals surface area contributed by atoms with Crippen molar-refractivity contribution < 1.29 is 4.52 Å². The first-order chi connectivity index (χ1) is 8.61. The summed E-state index contributed by atoms with van der Waals surface area (Å²) in [5.74, 6) is 0.643. The lowest BCUT2D eigenvalue weighted by atomic mass is 10.2. The highest BCUT2D eigenvalue weighted by Gasteiger charge is 2.16. The van der Waals surface area contributed by atoms with Gasteiger partial charge >= 0.3 is 0 Å². The van der Waals surface area contributed by atoms with Crippen LogP contribution < -0.4 is 11.2 Å². The molecule has 0 fully saturated rings. The topological polar surface area (TPSA) is 97.8 Å². The van der Waals surface area contributed by atoms with Crippen LogP contribution >= 0.6 is 0 Å². The van der Waals surface area contributed by atoms with Crippen molar-refractivity contribution in [3.05, 3.63) is 34.0 Å². The van der Waals surface area contributed by atoms with Crippen LogP contribution in [0.4, 0.5) is 0 Å². The number of H-pyrrole nitrogens is 1. The minimum absolute atomic E-state index is 0.148. The SMILES string of the molecule is CCCC(N)c1noc(-c2c[nH]c(C)cc2=O)n1. The maximum Gasteiger partial charge on any atom is 0.263 e. The van der Waals surface area contributed by atoms with Gasteiger partial charge < -0.3 is 15.2 Å². The lowest BCUT2D eigenvalue weighted by Crippen LogP contribution is -2.11. The highest BCUT2D eigenvalue weighted by atomic mass is 16.5. The van der Waals surface area contributed by atoms with Gasteiger partial charge in [0.2, 0.25) is 0 Å². The number of hydrogen-bond acceptors (Lipinski definition) is 5. The molecule has 96 valence electrons. The number of hydrogen-bond donors (Lipinski definition) is 2. The van der Waals surface area contributed by atoms with Crippen LogP contribution in [0.2, 0.25) is 0 Å². The van der Waals surface area contributed by atoms with Crippen LogP contribution in [-0.4, -0.2) is 15.1 Å². The molecule has 0 aromatic carbocycles. The number of nitrogens with zero attached hydrogens (tertiary/aromatic N) is 2. The number of rotatable bonds is 4. The van der Waals surface area contributed by atoms with Gasteiger partial charge in [-0.05, 0) is 13.3 Å². The van der Waals surface area contributed by atoms with Gasteiger partial charge in [-0.1, -0.05) is 18.5 Å². The van der Waals surface area contributed by atoms with Crippen molar-refractivity contribution in [1.82, 2.24) is 15.1 Å². The normalized spacial score (nSPS) is 12.6. The summed E-state index contributed by atoms with van der Waals surface area (Å²) < 4.78 is 5.08. The van der Waals surface area contributed by atoms with E-state index in [1.807, 2.05) is 13.8 Å². The number of aryl methyl sites for hydroxylation is 1. The van der Waals surface area contributed by atoms with Crippen molar-refractivity contribution in [3.63, 3.8) is 0 Å². The second-order valence-corrected chi connectivity index (χ2v) is 4.25. The Morgan fingerprint density at radius 3 is 3.00 bits per heavy atom. The van der Waals surface area contributed by atoms with Gasteiger partial charge in [0.05, 0.1) is 6.04 Å². The molecule has 1 atom stereocenters. The van der Waals surface area contributed by atoms with E-state index >= 15 is 0 Å². The molecule has 3 N–H and O–H groups in total. The third-order valence-electron chi connectivity index (χ3n) is 2.66. The third kappa shape index (κ3) is 2.48. The fourth-order valence-electron chi connectivity index (χ4n) is 1.68. The average Bonchev–Trinajstić information content (AvgIpc) is 2.78. The van der Waals surface area contributed by atoms with Gasteiger partial charge in [-0.15, -0.1) is 0 Å². The fourth-order valence-corrected chi connectivity index (χ4v) is 1.68. The smallest absolute Gasteiger partial charge is 0.263 e. The van der Waals surface area contributed by atoms with Gasteiger partial charge in [0, 0.05) is 18.0 Å². The lowest BCUT2D eigenvalue weighted by molar-refractivity contribution is 0.413. The van der Waals surface area contributed by atoms with Crippen molar-refractivity contribution in [3.8, 4) is 11.5 Å². The quantitative estimate of drug-likeness (QED) is 0.855. The van der Waals surface area contributed by atoms with Crippen molar-refractivity contribution in [1.29, 1.82) is 0 Å². The van der Waals surface area contributed by atoms with Gasteiger partial charge in [-0.25, -0.2) is 0 Å². The van der Waals surface area contributed by atoms with E-state index in [0.717, 1.165) is 18.5 Å². The predicted octanol–water partition coefficient (Wildman–Crippen LogP) is 1.53. The molecule has 0 saturated heterocycles. The molecule has 0 aliphatic heterocycles. The van der Waals surface area contributed by atoms with E-state index in [4.69, 9.17) is 10.3 Å². The zero-order chi connectivity index (χ0) is 13.1. The minimum Gasteiger partial charge on any atom is -0.364 e. The van der Waals surface area contributed by atoms with Gasteiger partial charge in [0.15, 0.2) is 11.3 Å². The van der Waals surface area contributed by atoms with Crippen LogP contribution in [0.15, 0.2) is 21.6 Å². The monoisotopic (exact) mass is 248 g/mol. The second kappa shape index (κ2) is 5.14. The number of nitrogens with two attached hydrogens (primary N) is 1. The molecule has 2 aromatic rings. The molecule has 0 aliphatic rings.